The topological polar surface area (TPSA) is 89.6 Å². The Morgan fingerprint density at radius 2 is 2.04 bits per heavy atom. The standard InChI is InChI=1S/C17H20F3NO4S/c1-16(2)11-8-10(25-15(24)17(18,19)20)4-3-9(11)7-12(14(16)21)26-6-5-13(22)23/h3-4,8,12,14H,5-7,21H2,1-2H3,(H,22,23)/t12-,14+/m0/s1. The smallest absolute Gasteiger partial charge is 0.481 e. The minimum absolute atomic E-state index is 0.0135. The van der Waals surface area contributed by atoms with Crippen molar-refractivity contribution in [3.8, 4) is 5.75 Å². The first-order valence-corrected chi connectivity index (χ1v) is 8.99. The Hall–Kier alpha value is -1.74. The van der Waals surface area contributed by atoms with Crippen LogP contribution in [-0.4, -0.2) is 40.3 Å². The van der Waals surface area contributed by atoms with Gasteiger partial charge in [0.25, 0.3) is 0 Å². The molecule has 1 aliphatic carbocycles. The van der Waals surface area contributed by atoms with E-state index in [4.69, 9.17) is 10.8 Å². The van der Waals surface area contributed by atoms with Gasteiger partial charge in [-0.2, -0.15) is 24.9 Å². The molecule has 3 N–H and O–H groups in total. The lowest BCUT2D eigenvalue weighted by molar-refractivity contribution is -0.189. The average molecular weight is 391 g/mol. The van der Waals surface area contributed by atoms with Crippen LogP contribution in [0.3, 0.4) is 0 Å². The highest BCUT2D eigenvalue weighted by atomic mass is 32.2. The summed E-state index contributed by atoms with van der Waals surface area (Å²) in [6, 6.07) is 4.06. The van der Waals surface area contributed by atoms with E-state index < -0.39 is 23.5 Å². The largest absolute Gasteiger partial charge is 0.491 e. The van der Waals surface area contributed by atoms with Gasteiger partial charge in [0.15, 0.2) is 0 Å². The van der Waals surface area contributed by atoms with E-state index in [-0.39, 0.29) is 23.5 Å². The fourth-order valence-electron chi connectivity index (χ4n) is 3.01. The van der Waals surface area contributed by atoms with Crippen LogP contribution in [0.5, 0.6) is 5.75 Å². The summed E-state index contributed by atoms with van der Waals surface area (Å²) < 4.78 is 41.5. The molecule has 0 aromatic heterocycles. The minimum atomic E-state index is -5.06. The summed E-state index contributed by atoms with van der Waals surface area (Å²) in [6.45, 7) is 3.74. The maximum absolute atomic E-state index is 12.4. The summed E-state index contributed by atoms with van der Waals surface area (Å²) in [6.07, 6.45) is -4.46. The lowest BCUT2D eigenvalue weighted by Crippen LogP contribution is -2.52. The number of aliphatic carboxylic acids is 1. The first-order valence-electron chi connectivity index (χ1n) is 7.94. The third-order valence-corrected chi connectivity index (χ3v) is 5.85. The van der Waals surface area contributed by atoms with Gasteiger partial charge in [0.2, 0.25) is 0 Å². The molecule has 1 aromatic carbocycles. The van der Waals surface area contributed by atoms with Gasteiger partial charge in [-0.25, -0.2) is 4.79 Å². The van der Waals surface area contributed by atoms with Crippen LogP contribution in [-0.2, 0) is 21.4 Å². The molecular formula is C17H20F3NO4S. The highest BCUT2D eigenvalue weighted by molar-refractivity contribution is 8.00. The number of nitrogens with two attached hydrogens (primary N) is 1. The van der Waals surface area contributed by atoms with Gasteiger partial charge in [0, 0.05) is 22.5 Å². The number of benzene rings is 1. The van der Waals surface area contributed by atoms with Crippen molar-refractivity contribution in [1.82, 2.24) is 0 Å². The second-order valence-electron chi connectivity index (χ2n) is 6.71. The molecule has 0 saturated carbocycles. The van der Waals surface area contributed by atoms with Crippen LogP contribution in [0.15, 0.2) is 18.2 Å². The van der Waals surface area contributed by atoms with Gasteiger partial charge in [-0.15, -0.1) is 0 Å². The molecule has 2 rings (SSSR count). The summed E-state index contributed by atoms with van der Waals surface area (Å²) in [5.74, 6) is -2.89. The van der Waals surface area contributed by atoms with E-state index in [9.17, 15) is 22.8 Å². The van der Waals surface area contributed by atoms with Gasteiger partial charge in [-0.1, -0.05) is 19.9 Å². The maximum Gasteiger partial charge on any atom is 0.491 e. The summed E-state index contributed by atoms with van der Waals surface area (Å²) in [5.41, 5.74) is 7.41. The van der Waals surface area contributed by atoms with Crippen LogP contribution < -0.4 is 10.5 Å². The summed E-state index contributed by atoms with van der Waals surface area (Å²) in [7, 11) is 0. The number of alkyl halides is 3. The van der Waals surface area contributed by atoms with E-state index in [0.29, 0.717) is 12.2 Å². The van der Waals surface area contributed by atoms with Crippen LogP contribution in [0.25, 0.3) is 0 Å². The van der Waals surface area contributed by atoms with Crippen LogP contribution in [0.4, 0.5) is 13.2 Å². The number of fused-ring (bicyclic) bond motifs is 1. The second kappa shape index (κ2) is 7.48. The van der Waals surface area contributed by atoms with Crippen LogP contribution in [0, 0.1) is 0 Å². The fraction of sp³-hybridized carbons (Fsp3) is 0.529. The van der Waals surface area contributed by atoms with Crippen molar-refractivity contribution >= 4 is 23.7 Å². The molecule has 5 nitrogen and oxygen atoms in total. The van der Waals surface area contributed by atoms with E-state index in [1.807, 2.05) is 13.8 Å². The highest BCUT2D eigenvalue weighted by Gasteiger charge is 2.43. The predicted octanol–water partition coefficient (Wildman–Crippen LogP) is 2.89. The average Bonchev–Trinajstić information content (AvgIpc) is 2.51. The van der Waals surface area contributed by atoms with Gasteiger partial charge in [-0.3, -0.25) is 4.79 Å². The number of carbonyl (C=O) groups excluding carboxylic acids is 1. The number of ether oxygens (including phenoxy) is 1. The predicted molar refractivity (Wildman–Crippen MR) is 91.3 cm³/mol. The quantitative estimate of drug-likeness (QED) is 0.593. The van der Waals surface area contributed by atoms with Gasteiger partial charge < -0.3 is 15.6 Å². The number of rotatable bonds is 5. The van der Waals surface area contributed by atoms with Crippen molar-refractivity contribution < 1.29 is 32.6 Å². The van der Waals surface area contributed by atoms with E-state index in [2.05, 4.69) is 4.74 Å². The summed E-state index contributed by atoms with van der Waals surface area (Å²) in [4.78, 5) is 21.7. The first-order chi connectivity index (χ1) is 11.9. The number of carboxylic acids is 1. The molecule has 0 fully saturated rings. The van der Waals surface area contributed by atoms with Gasteiger partial charge in [0.1, 0.15) is 5.75 Å². The molecule has 0 spiro atoms. The molecule has 0 aliphatic heterocycles. The molecule has 0 saturated heterocycles. The lowest BCUT2D eigenvalue weighted by atomic mass is 9.69. The van der Waals surface area contributed by atoms with Crippen molar-refractivity contribution in [1.29, 1.82) is 0 Å². The van der Waals surface area contributed by atoms with Crippen molar-refractivity contribution in [3.63, 3.8) is 0 Å². The number of hydrogen-bond acceptors (Lipinski definition) is 5. The SMILES string of the molecule is CC1(C)c2cc(OC(=O)C(F)(F)F)ccc2C[C@H](SCCC(=O)O)[C@H]1N. The van der Waals surface area contributed by atoms with Crippen LogP contribution >= 0.6 is 11.8 Å². The number of esters is 1. The van der Waals surface area contributed by atoms with Gasteiger partial charge in [-0.05, 0) is 29.7 Å². The Balaban J connectivity index is 2.22. The Labute approximate surface area is 153 Å². The molecular weight excluding hydrogens is 371 g/mol. The number of carboxylic acid groups (broad SMARTS) is 1. The lowest BCUT2D eigenvalue weighted by Gasteiger charge is -2.43. The summed E-state index contributed by atoms with van der Waals surface area (Å²) in [5, 5.41) is 8.75. The zero-order valence-corrected chi connectivity index (χ0v) is 15.1. The number of halogens is 3. The van der Waals surface area contributed by atoms with Crippen molar-refractivity contribution in [3.05, 3.63) is 29.3 Å². The van der Waals surface area contributed by atoms with E-state index in [1.54, 1.807) is 6.07 Å². The highest BCUT2D eigenvalue weighted by Crippen LogP contribution is 2.42. The normalized spacial score (nSPS) is 21.8. The Kier molecular flexibility index (Phi) is 5.92. The molecule has 1 aliphatic rings. The summed E-state index contributed by atoms with van der Waals surface area (Å²) >= 11 is 1.48. The van der Waals surface area contributed by atoms with Crippen molar-refractivity contribution in [2.75, 3.05) is 5.75 Å². The van der Waals surface area contributed by atoms with E-state index in [0.717, 1.165) is 11.1 Å². The van der Waals surface area contributed by atoms with Gasteiger partial charge in [0.05, 0.1) is 6.42 Å². The number of thioether (sulfide) groups is 1. The zero-order chi connectivity index (χ0) is 19.7. The Morgan fingerprint density at radius 3 is 2.62 bits per heavy atom. The number of hydrogen-bond donors (Lipinski definition) is 2. The molecule has 0 amide bonds. The molecule has 0 heterocycles. The third kappa shape index (κ3) is 4.50. The fourth-order valence-corrected chi connectivity index (χ4v) is 4.45. The van der Waals surface area contributed by atoms with Crippen LogP contribution in [0.2, 0.25) is 0 Å². The molecule has 144 valence electrons. The molecule has 0 unspecified atom stereocenters. The van der Waals surface area contributed by atoms with Crippen LogP contribution in [0.1, 0.15) is 31.4 Å². The van der Waals surface area contributed by atoms with E-state index >= 15 is 0 Å². The molecule has 0 radical (unpaired) electrons. The molecule has 2 atom stereocenters. The zero-order valence-electron chi connectivity index (χ0n) is 14.3. The molecule has 0 bridgehead atoms. The molecule has 9 heteroatoms. The second-order valence-corrected chi connectivity index (χ2v) is 8.06. The monoisotopic (exact) mass is 391 g/mol. The van der Waals surface area contributed by atoms with Gasteiger partial charge >= 0.3 is 18.1 Å². The maximum atomic E-state index is 12.4. The minimum Gasteiger partial charge on any atom is -0.481 e. The first kappa shape index (κ1) is 20.6. The third-order valence-electron chi connectivity index (χ3n) is 4.52. The Morgan fingerprint density at radius 1 is 1.38 bits per heavy atom. The van der Waals surface area contributed by atoms with Crippen molar-refractivity contribution in [2.24, 2.45) is 5.73 Å². The van der Waals surface area contributed by atoms with E-state index in [1.165, 1.54) is 23.9 Å². The molecule has 1 aromatic rings. The molecule has 26 heavy (non-hydrogen) atoms. The Bertz CT molecular complexity index is 706. The number of carbonyl (C=O) groups is 2. The van der Waals surface area contributed by atoms with Crippen molar-refractivity contribution in [2.45, 2.75) is 49.6 Å².